The Morgan fingerprint density at radius 3 is 2.21 bits per heavy atom. The number of hydrogen-bond donors (Lipinski definition) is 2. The molecule has 4 bridgehead atoms. The summed E-state index contributed by atoms with van der Waals surface area (Å²) in [5.74, 6) is 3.41. The maximum Gasteiger partial charge on any atom is 0.317 e. The number of nitrogens with one attached hydrogen (secondary N) is 1. The molecule has 4 fully saturated rings. The van der Waals surface area contributed by atoms with Crippen molar-refractivity contribution in [3.63, 3.8) is 0 Å². The van der Waals surface area contributed by atoms with Crippen molar-refractivity contribution in [2.24, 2.45) is 29.4 Å². The molecule has 4 heteroatoms. The third-order valence-electron chi connectivity index (χ3n) is 5.58. The number of carbonyl (C=O) groups is 1. The largest absolute Gasteiger partial charge is 0.335 e. The summed E-state index contributed by atoms with van der Waals surface area (Å²) in [6, 6.07) is 0.539. The van der Waals surface area contributed by atoms with E-state index >= 15 is 0 Å². The van der Waals surface area contributed by atoms with Crippen LogP contribution in [0.5, 0.6) is 0 Å². The van der Waals surface area contributed by atoms with Gasteiger partial charge in [0.25, 0.3) is 0 Å². The van der Waals surface area contributed by atoms with Crippen molar-refractivity contribution < 1.29 is 4.79 Å². The molecular formula is C15H27N3O. The summed E-state index contributed by atoms with van der Waals surface area (Å²) < 4.78 is 0. The zero-order valence-corrected chi connectivity index (χ0v) is 12.0. The average Bonchev–Trinajstić information content (AvgIpc) is 2.39. The molecule has 0 saturated heterocycles. The van der Waals surface area contributed by atoms with Crippen molar-refractivity contribution >= 4 is 6.03 Å². The Morgan fingerprint density at radius 1 is 1.16 bits per heavy atom. The fourth-order valence-electron chi connectivity index (χ4n) is 4.95. The van der Waals surface area contributed by atoms with Crippen molar-refractivity contribution in [1.29, 1.82) is 0 Å². The highest BCUT2D eigenvalue weighted by Crippen LogP contribution is 2.53. The molecule has 0 aromatic carbocycles. The van der Waals surface area contributed by atoms with Gasteiger partial charge in [0.2, 0.25) is 0 Å². The molecule has 0 aromatic rings. The van der Waals surface area contributed by atoms with Gasteiger partial charge in [0.1, 0.15) is 0 Å². The lowest BCUT2D eigenvalue weighted by Gasteiger charge is -2.54. The number of rotatable bonds is 4. The molecule has 0 heterocycles. The molecule has 0 radical (unpaired) electrons. The molecule has 4 aliphatic rings. The van der Waals surface area contributed by atoms with Crippen molar-refractivity contribution in [2.75, 3.05) is 19.6 Å². The van der Waals surface area contributed by atoms with Gasteiger partial charge < -0.3 is 16.0 Å². The molecule has 4 rings (SSSR count). The maximum absolute atomic E-state index is 12.3. The summed E-state index contributed by atoms with van der Waals surface area (Å²) in [5, 5.41) is 3.33. The normalized spacial score (nSPS) is 39.4. The summed E-state index contributed by atoms with van der Waals surface area (Å²) >= 11 is 0. The molecule has 0 aromatic heterocycles. The molecule has 0 atom stereocenters. The summed E-state index contributed by atoms with van der Waals surface area (Å²) in [7, 11) is 0. The van der Waals surface area contributed by atoms with Gasteiger partial charge in [0, 0.05) is 25.7 Å². The molecule has 0 unspecified atom stereocenters. The fourth-order valence-corrected chi connectivity index (χ4v) is 4.95. The molecule has 4 saturated carbocycles. The van der Waals surface area contributed by atoms with E-state index in [9.17, 15) is 4.79 Å². The fraction of sp³-hybridized carbons (Fsp3) is 0.933. The van der Waals surface area contributed by atoms with E-state index in [1.165, 1.54) is 32.1 Å². The summed E-state index contributed by atoms with van der Waals surface area (Å²) in [6.45, 7) is 3.97. The maximum atomic E-state index is 12.3. The number of urea groups is 1. The molecular weight excluding hydrogens is 238 g/mol. The van der Waals surface area contributed by atoms with Crippen LogP contribution in [0.15, 0.2) is 0 Å². The van der Waals surface area contributed by atoms with Gasteiger partial charge in [-0.1, -0.05) is 0 Å². The number of nitrogens with zero attached hydrogens (tertiary/aromatic N) is 1. The number of likely N-dealkylation sites (N-methyl/N-ethyl adjacent to an activating group) is 1. The van der Waals surface area contributed by atoms with Crippen LogP contribution in [0.3, 0.4) is 0 Å². The molecule has 4 nitrogen and oxygen atoms in total. The minimum absolute atomic E-state index is 0.102. The second kappa shape index (κ2) is 5.31. The number of hydrogen-bond acceptors (Lipinski definition) is 2. The van der Waals surface area contributed by atoms with Gasteiger partial charge in [-0.15, -0.1) is 0 Å². The zero-order chi connectivity index (χ0) is 13.4. The Kier molecular flexibility index (Phi) is 3.70. The Hall–Kier alpha value is -0.770. The molecule has 0 spiro atoms. The SMILES string of the molecule is CCN(CCN)C(=O)NC1C2CC3CC(C2)CC1C3. The van der Waals surface area contributed by atoms with Crippen molar-refractivity contribution in [3.8, 4) is 0 Å². The first kappa shape index (κ1) is 13.2. The van der Waals surface area contributed by atoms with Crippen molar-refractivity contribution in [3.05, 3.63) is 0 Å². The first-order valence-electron chi connectivity index (χ1n) is 7.96. The highest BCUT2D eigenvalue weighted by molar-refractivity contribution is 5.74. The van der Waals surface area contributed by atoms with Crippen LogP contribution in [0.4, 0.5) is 4.79 Å². The van der Waals surface area contributed by atoms with Crippen LogP contribution in [0.2, 0.25) is 0 Å². The highest BCUT2D eigenvalue weighted by atomic mass is 16.2. The Balaban J connectivity index is 1.62. The quantitative estimate of drug-likeness (QED) is 0.814. The lowest BCUT2D eigenvalue weighted by molar-refractivity contribution is -0.0109. The van der Waals surface area contributed by atoms with Gasteiger partial charge in [0.15, 0.2) is 0 Å². The molecule has 2 amide bonds. The predicted molar refractivity (Wildman–Crippen MR) is 75.7 cm³/mol. The standard InChI is InChI=1S/C15H27N3O/c1-2-18(4-3-16)15(19)17-14-12-6-10-5-11(8-12)9-13(14)7-10/h10-14H,2-9,16H2,1H3,(H,17,19). The van der Waals surface area contributed by atoms with E-state index in [4.69, 9.17) is 5.73 Å². The first-order valence-corrected chi connectivity index (χ1v) is 7.96. The number of amides is 2. The van der Waals surface area contributed by atoms with Crippen LogP contribution in [0, 0.1) is 23.7 Å². The highest BCUT2D eigenvalue weighted by Gasteiger charge is 2.48. The molecule has 4 aliphatic carbocycles. The van der Waals surface area contributed by atoms with E-state index in [2.05, 4.69) is 5.32 Å². The molecule has 108 valence electrons. The zero-order valence-electron chi connectivity index (χ0n) is 12.0. The summed E-state index contributed by atoms with van der Waals surface area (Å²) in [6.07, 6.45) is 6.85. The van der Waals surface area contributed by atoms with E-state index in [1.807, 2.05) is 11.8 Å². The van der Waals surface area contributed by atoms with Crippen LogP contribution in [-0.2, 0) is 0 Å². The summed E-state index contributed by atoms with van der Waals surface area (Å²) in [4.78, 5) is 14.2. The van der Waals surface area contributed by atoms with Gasteiger partial charge in [0.05, 0.1) is 0 Å². The van der Waals surface area contributed by atoms with Crippen molar-refractivity contribution in [1.82, 2.24) is 10.2 Å². The van der Waals surface area contributed by atoms with Gasteiger partial charge >= 0.3 is 6.03 Å². The lowest BCUT2D eigenvalue weighted by Crippen LogP contribution is -2.58. The topological polar surface area (TPSA) is 58.4 Å². The van der Waals surface area contributed by atoms with Crippen LogP contribution in [0.1, 0.15) is 39.0 Å². The van der Waals surface area contributed by atoms with E-state index in [1.54, 1.807) is 0 Å². The van der Waals surface area contributed by atoms with E-state index in [-0.39, 0.29) is 6.03 Å². The first-order chi connectivity index (χ1) is 9.21. The van der Waals surface area contributed by atoms with Crippen molar-refractivity contribution in [2.45, 2.75) is 45.1 Å². The van der Waals surface area contributed by atoms with E-state index in [0.29, 0.717) is 19.1 Å². The minimum Gasteiger partial charge on any atom is -0.335 e. The Bertz CT molecular complexity index is 316. The second-order valence-corrected chi connectivity index (χ2v) is 6.77. The molecule has 3 N–H and O–H groups in total. The van der Waals surface area contributed by atoms with E-state index in [0.717, 1.165) is 30.2 Å². The molecule has 19 heavy (non-hydrogen) atoms. The van der Waals surface area contributed by atoms with Crippen LogP contribution >= 0.6 is 0 Å². The molecule has 0 aliphatic heterocycles. The van der Waals surface area contributed by atoms with Crippen LogP contribution < -0.4 is 11.1 Å². The monoisotopic (exact) mass is 265 g/mol. The summed E-state index contributed by atoms with van der Waals surface area (Å²) in [5.41, 5.74) is 5.57. The average molecular weight is 265 g/mol. The third-order valence-corrected chi connectivity index (χ3v) is 5.58. The Labute approximate surface area is 116 Å². The Morgan fingerprint density at radius 2 is 1.74 bits per heavy atom. The second-order valence-electron chi connectivity index (χ2n) is 6.77. The van der Waals surface area contributed by atoms with Gasteiger partial charge in [-0.2, -0.15) is 0 Å². The van der Waals surface area contributed by atoms with Gasteiger partial charge in [-0.25, -0.2) is 4.79 Å². The van der Waals surface area contributed by atoms with Crippen LogP contribution in [0.25, 0.3) is 0 Å². The van der Waals surface area contributed by atoms with E-state index < -0.39 is 0 Å². The predicted octanol–water partition coefficient (Wildman–Crippen LogP) is 1.80. The van der Waals surface area contributed by atoms with Gasteiger partial charge in [-0.3, -0.25) is 0 Å². The van der Waals surface area contributed by atoms with Crippen LogP contribution in [-0.4, -0.2) is 36.6 Å². The number of nitrogens with two attached hydrogens (primary N) is 1. The number of carbonyl (C=O) groups excluding carboxylic acids is 1. The minimum atomic E-state index is 0.102. The lowest BCUT2D eigenvalue weighted by atomic mass is 9.54. The third kappa shape index (κ3) is 2.47. The van der Waals surface area contributed by atoms with Gasteiger partial charge in [-0.05, 0) is 62.7 Å². The smallest absolute Gasteiger partial charge is 0.317 e.